The Labute approximate surface area is 149 Å². The molecule has 25 heavy (non-hydrogen) atoms. The number of ether oxygens (including phenoxy) is 1. The van der Waals surface area contributed by atoms with Gasteiger partial charge in [-0.1, -0.05) is 11.6 Å². The minimum Gasteiger partial charge on any atom is -0.495 e. The van der Waals surface area contributed by atoms with Crippen LogP contribution in [0.3, 0.4) is 0 Å². The minimum absolute atomic E-state index is 0.422. The van der Waals surface area contributed by atoms with Crippen molar-refractivity contribution >= 4 is 29.0 Å². The fourth-order valence-electron chi connectivity index (χ4n) is 2.29. The second-order valence-electron chi connectivity index (χ2n) is 5.17. The van der Waals surface area contributed by atoms with Crippen LogP contribution in [0.2, 0.25) is 5.02 Å². The molecule has 0 aliphatic rings. The number of aromatic nitrogens is 3. The fourth-order valence-corrected chi connectivity index (χ4v) is 2.46. The van der Waals surface area contributed by atoms with Crippen LogP contribution < -0.4 is 15.4 Å². The van der Waals surface area contributed by atoms with Gasteiger partial charge in [-0.15, -0.1) is 0 Å². The number of pyridine rings is 1. The van der Waals surface area contributed by atoms with Gasteiger partial charge in [-0.25, -0.2) is 14.8 Å². The molecule has 2 amide bonds. The van der Waals surface area contributed by atoms with Gasteiger partial charge in [-0.2, -0.15) is 0 Å². The van der Waals surface area contributed by atoms with Crippen molar-refractivity contribution < 1.29 is 9.53 Å². The van der Waals surface area contributed by atoms with Crippen molar-refractivity contribution in [2.45, 2.75) is 6.92 Å². The van der Waals surface area contributed by atoms with E-state index in [2.05, 4.69) is 20.6 Å². The number of nitrogens with zero attached hydrogens (tertiary/aromatic N) is 3. The topological polar surface area (TPSA) is 81.1 Å². The Hall–Kier alpha value is -3.06. The lowest BCUT2D eigenvalue weighted by Gasteiger charge is -2.12. The zero-order valence-corrected chi connectivity index (χ0v) is 14.4. The summed E-state index contributed by atoms with van der Waals surface area (Å²) in [5, 5.41) is 5.91. The number of hydrogen-bond acceptors (Lipinski definition) is 4. The lowest BCUT2D eigenvalue weighted by atomic mass is 10.3. The highest BCUT2D eigenvalue weighted by molar-refractivity contribution is 6.31. The van der Waals surface area contributed by atoms with E-state index in [-0.39, 0.29) is 0 Å². The third-order valence-corrected chi connectivity index (χ3v) is 3.72. The molecule has 0 bridgehead atoms. The first-order chi connectivity index (χ1) is 12.1. The van der Waals surface area contributed by atoms with Gasteiger partial charge < -0.3 is 15.4 Å². The second kappa shape index (κ2) is 7.23. The predicted octanol–water partition coefficient (Wildman–Crippen LogP) is 3.88. The number of rotatable bonds is 4. The lowest BCUT2D eigenvalue weighted by molar-refractivity contribution is 0.262. The Kier molecular flexibility index (Phi) is 4.85. The van der Waals surface area contributed by atoms with Crippen molar-refractivity contribution in [3.05, 3.63) is 59.8 Å². The van der Waals surface area contributed by atoms with Crippen molar-refractivity contribution in [2.75, 3.05) is 17.7 Å². The van der Waals surface area contributed by atoms with Gasteiger partial charge >= 0.3 is 6.03 Å². The van der Waals surface area contributed by atoms with Crippen LogP contribution in [0.15, 0.2) is 48.9 Å². The molecule has 128 valence electrons. The van der Waals surface area contributed by atoms with Crippen LogP contribution >= 0.6 is 11.6 Å². The molecule has 8 heteroatoms. The molecule has 2 heterocycles. The van der Waals surface area contributed by atoms with Gasteiger partial charge in [0.25, 0.3) is 0 Å². The fraction of sp³-hybridized carbons (Fsp3) is 0.118. The number of carbonyl (C=O) groups excluding carboxylic acids is 1. The van der Waals surface area contributed by atoms with Crippen LogP contribution in [-0.2, 0) is 0 Å². The van der Waals surface area contributed by atoms with Gasteiger partial charge in [0, 0.05) is 17.4 Å². The number of hydrogen-bond donors (Lipinski definition) is 2. The Morgan fingerprint density at radius 2 is 2.04 bits per heavy atom. The number of carbonyl (C=O) groups is 1. The molecule has 0 radical (unpaired) electrons. The first-order valence-electron chi connectivity index (χ1n) is 7.45. The maximum atomic E-state index is 12.2. The summed E-state index contributed by atoms with van der Waals surface area (Å²) in [6, 6.07) is 8.12. The summed E-state index contributed by atoms with van der Waals surface area (Å²) < 4.78 is 7.05. The van der Waals surface area contributed by atoms with Crippen molar-refractivity contribution in [1.82, 2.24) is 14.5 Å². The predicted molar refractivity (Wildman–Crippen MR) is 96.7 cm³/mol. The maximum Gasteiger partial charge on any atom is 0.323 e. The number of methoxy groups -OCH3 is 1. The number of aryl methyl sites for hydroxylation is 1. The van der Waals surface area contributed by atoms with Crippen LogP contribution in [0.1, 0.15) is 5.82 Å². The van der Waals surface area contributed by atoms with Crippen LogP contribution in [0, 0.1) is 6.92 Å². The molecular formula is C17H16ClN5O2. The van der Waals surface area contributed by atoms with Crippen molar-refractivity contribution in [3.8, 4) is 11.6 Å². The van der Waals surface area contributed by atoms with E-state index in [4.69, 9.17) is 16.3 Å². The van der Waals surface area contributed by atoms with Gasteiger partial charge in [0.15, 0.2) is 0 Å². The number of urea groups is 1. The zero-order chi connectivity index (χ0) is 17.8. The third-order valence-electron chi connectivity index (χ3n) is 3.49. The lowest BCUT2D eigenvalue weighted by Crippen LogP contribution is -2.20. The van der Waals surface area contributed by atoms with Gasteiger partial charge in [0.1, 0.15) is 17.4 Å². The van der Waals surface area contributed by atoms with Crippen molar-refractivity contribution in [2.24, 2.45) is 0 Å². The van der Waals surface area contributed by atoms with Crippen LogP contribution in [-0.4, -0.2) is 27.7 Å². The molecule has 0 aliphatic heterocycles. The molecule has 3 aromatic rings. The molecule has 0 atom stereocenters. The number of benzene rings is 1. The van der Waals surface area contributed by atoms with Crippen molar-refractivity contribution in [1.29, 1.82) is 0 Å². The van der Waals surface area contributed by atoms with Crippen LogP contribution in [0.5, 0.6) is 5.75 Å². The number of amides is 2. The number of anilines is 2. The highest BCUT2D eigenvalue weighted by Gasteiger charge is 2.09. The first-order valence-corrected chi connectivity index (χ1v) is 7.82. The van der Waals surface area contributed by atoms with E-state index in [0.29, 0.717) is 22.1 Å². The molecule has 3 rings (SSSR count). The van der Waals surface area contributed by atoms with Crippen molar-refractivity contribution in [3.63, 3.8) is 0 Å². The third kappa shape index (κ3) is 3.89. The molecule has 1 aromatic carbocycles. The number of nitrogens with one attached hydrogen (secondary N) is 2. The summed E-state index contributed by atoms with van der Waals surface area (Å²) in [5.74, 6) is 2.07. The first kappa shape index (κ1) is 16.8. The molecule has 0 unspecified atom stereocenters. The zero-order valence-electron chi connectivity index (χ0n) is 13.7. The SMILES string of the molecule is COc1ccc(Cl)cc1NC(=O)Nc1ccc(-n2ccnc2C)nc1. The minimum atomic E-state index is -0.422. The van der Waals surface area contributed by atoms with E-state index in [1.807, 2.05) is 17.7 Å². The quantitative estimate of drug-likeness (QED) is 0.742. The summed E-state index contributed by atoms with van der Waals surface area (Å²) in [7, 11) is 1.52. The van der Waals surface area contributed by atoms with E-state index in [9.17, 15) is 4.79 Å². The van der Waals surface area contributed by atoms with Crippen LogP contribution in [0.25, 0.3) is 5.82 Å². The summed E-state index contributed by atoms with van der Waals surface area (Å²) in [6.07, 6.45) is 5.10. The van der Waals surface area contributed by atoms with E-state index >= 15 is 0 Å². The Balaban J connectivity index is 1.69. The van der Waals surface area contributed by atoms with Gasteiger partial charge in [0.2, 0.25) is 0 Å². The maximum absolute atomic E-state index is 12.2. The summed E-state index contributed by atoms with van der Waals surface area (Å²) in [4.78, 5) is 20.6. The average Bonchev–Trinajstić information content (AvgIpc) is 3.02. The van der Waals surface area contributed by atoms with E-state index < -0.39 is 6.03 Å². The normalized spacial score (nSPS) is 10.4. The Morgan fingerprint density at radius 1 is 1.20 bits per heavy atom. The van der Waals surface area contributed by atoms with E-state index in [0.717, 1.165) is 11.6 Å². The molecule has 0 aliphatic carbocycles. The largest absolute Gasteiger partial charge is 0.495 e. The molecule has 0 fully saturated rings. The standard InChI is InChI=1S/C17H16ClN5O2/c1-11-19-7-8-23(11)16-6-4-13(10-20-16)21-17(24)22-14-9-12(18)3-5-15(14)25-2/h3-10H,1-2H3,(H2,21,22,24). The van der Waals surface area contributed by atoms with Gasteiger partial charge in [-0.05, 0) is 37.3 Å². The molecular weight excluding hydrogens is 342 g/mol. The molecule has 0 saturated heterocycles. The highest BCUT2D eigenvalue weighted by Crippen LogP contribution is 2.27. The van der Waals surface area contributed by atoms with Gasteiger partial charge in [0.05, 0.1) is 24.7 Å². The monoisotopic (exact) mass is 357 g/mol. The Morgan fingerprint density at radius 3 is 2.68 bits per heavy atom. The number of imidazole rings is 1. The Bertz CT molecular complexity index is 892. The summed E-state index contributed by atoms with van der Waals surface area (Å²) in [6.45, 7) is 1.89. The smallest absolute Gasteiger partial charge is 0.323 e. The second-order valence-corrected chi connectivity index (χ2v) is 5.61. The summed E-state index contributed by atoms with van der Waals surface area (Å²) in [5.41, 5.74) is 1.03. The molecule has 0 saturated carbocycles. The van der Waals surface area contributed by atoms with E-state index in [1.54, 1.807) is 42.7 Å². The van der Waals surface area contributed by atoms with E-state index in [1.165, 1.54) is 7.11 Å². The molecule has 2 N–H and O–H groups in total. The average molecular weight is 358 g/mol. The number of halogens is 1. The molecule has 0 spiro atoms. The molecule has 7 nitrogen and oxygen atoms in total. The van der Waals surface area contributed by atoms with Gasteiger partial charge in [-0.3, -0.25) is 4.57 Å². The highest BCUT2D eigenvalue weighted by atomic mass is 35.5. The summed E-state index contributed by atoms with van der Waals surface area (Å²) >= 11 is 5.95. The van der Waals surface area contributed by atoms with Crippen LogP contribution in [0.4, 0.5) is 16.2 Å². The molecule has 2 aromatic heterocycles.